The lowest BCUT2D eigenvalue weighted by Crippen LogP contribution is -2.35. The second-order valence-corrected chi connectivity index (χ2v) is 7.89. The predicted molar refractivity (Wildman–Crippen MR) is 109 cm³/mol. The third-order valence-electron chi connectivity index (χ3n) is 4.62. The highest BCUT2D eigenvalue weighted by molar-refractivity contribution is 7.13. The number of anilines is 1. The highest BCUT2D eigenvalue weighted by Gasteiger charge is 2.17. The van der Waals surface area contributed by atoms with Gasteiger partial charge in [-0.1, -0.05) is 25.1 Å². The van der Waals surface area contributed by atoms with Crippen LogP contribution in [0.4, 0.5) is 5.13 Å². The van der Waals surface area contributed by atoms with Gasteiger partial charge in [0.15, 0.2) is 11.7 Å². The maximum Gasteiger partial charge on any atom is 0.258 e. The van der Waals surface area contributed by atoms with Gasteiger partial charge < -0.3 is 15.4 Å². The number of thiazole rings is 1. The average molecular weight is 403 g/mol. The van der Waals surface area contributed by atoms with E-state index in [0.717, 1.165) is 31.2 Å². The molecule has 0 bridgehead atoms. The van der Waals surface area contributed by atoms with Gasteiger partial charge in [0, 0.05) is 11.9 Å². The van der Waals surface area contributed by atoms with Crippen LogP contribution in [-0.4, -0.2) is 47.9 Å². The number of benzene rings is 1. The highest BCUT2D eigenvalue weighted by atomic mass is 32.1. The van der Waals surface area contributed by atoms with Crippen molar-refractivity contribution in [2.24, 2.45) is 5.92 Å². The fourth-order valence-electron chi connectivity index (χ4n) is 2.95. The second kappa shape index (κ2) is 10.2. The molecule has 2 aromatic rings. The van der Waals surface area contributed by atoms with Crippen molar-refractivity contribution in [1.29, 1.82) is 0 Å². The van der Waals surface area contributed by atoms with Gasteiger partial charge in [0.2, 0.25) is 5.91 Å². The number of nitrogens with zero attached hydrogens (tertiary/aromatic N) is 2. The Hall–Kier alpha value is -2.45. The maximum atomic E-state index is 12.0. The molecule has 1 fully saturated rings. The first-order chi connectivity index (χ1) is 13.6. The topological polar surface area (TPSA) is 83.6 Å². The number of hydrogen-bond acceptors (Lipinski definition) is 6. The molecule has 1 aromatic carbocycles. The number of nitrogens with one attached hydrogen (secondary N) is 2. The van der Waals surface area contributed by atoms with E-state index in [4.69, 9.17) is 4.74 Å². The SMILES string of the molecule is CC1CCN(Cc2csc(NC(=O)CNC(=O)COc3ccccc3)n2)CC1. The van der Waals surface area contributed by atoms with Crippen molar-refractivity contribution in [2.75, 3.05) is 31.6 Å². The Morgan fingerprint density at radius 3 is 2.71 bits per heavy atom. The van der Waals surface area contributed by atoms with Crippen LogP contribution >= 0.6 is 11.3 Å². The van der Waals surface area contributed by atoms with Crippen LogP contribution in [-0.2, 0) is 16.1 Å². The first kappa shape index (κ1) is 20.3. The van der Waals surface area contributed by atoms with Gasteiger partial charge in [-0.2, -0.15) is 0 Å². The quantitative estimate of drug-likeness (QED) is 0.709. The molecule has 28 heavy (non-hydrogen) atoms. The Kier molecular flexibility index (Phi) is 7.39. The zero-order valence-corrected chi connectivity index (χ0v) is 16.8. The number of rotatable bonds is 8. The van der Waals surface area contributed by atoms with Crippen molar-refractivity contribution < 1.29 is 14.3 Å². The van der Waals surface area contributed by atoms with E-state index in [9.17, 15) is 9.59 Å². The Balaban J connectivity index is 1.35. The molecule has 2 N–H and O–H groups in total. The first-order valence-electron chi connectivity index (χ1n) is 9.49. The van der Waals surface area contributed by atoms with E-state index in [0.29, 0.717) is 10.9 Å². The molecular weight excluding hydrogens is 376 g/mol. The van der Waals surface area contributed by atoms with Gasteiger partial charge in [-0.3, -0.25) is 14.5 Å². The van der Waals surface area contributed by atoms with Crippen LogP contribution in [0.2, 0.25) is 0 Å². The van der Waals surface area contributed by atoms with Crippen molar-refractivity contribution in [3.63, 3.8) is 0 Å². The molecule has 0 radical (unpaired) electrons. The molecule has 0 spiro atoms. The number of aromatic nitrogens is 1. The minimum absolute atomic E-state index is 0.115. The zero-order valence-electron chi connectivity index (χ0n) is 16.0. The van der Waals surface area contributed by atoms with Crippen LogP contribution in [0.3, 0.4) is 0 Å². The number of carbonyl (C=O) groups excluding carboxylic acids is 2. The summed E-state index contributed by atoms with van der Waals surface area (Å²) in [4.78, 5) is 30.7. The van der Waals surface area contributed by atoms with Crippen molar-refractivity contribution in [1.82, 2.24) is 15.2 Å². The molecule has 0 aliphatic carbocycles. The number of piperidine rings is 1. The summed E-state index contributed by atoms with van der Waals surface area (Å²) in [6, 6.07) is 9.06. The lowest BCUT2D eigenvalue weighted by atomic mass is 9.99. The second-order valence-electron chi connectivity index (χ2n) is 7.03. The van der Waals surface area contributed by atoms with E-state index in [-0.39, 0.29) is 25.0 Å². The average Bonchev–Trinajstić information content (AvgIpc) is 3.14. The standard InChI is InChI=1S/C20H26N4O3S/c1-15-7-9-24(10-8-15)12-16-14-28-20(22-16)23-18(25)11-21-19(26)13-27-17-5-3-2-4-6-17/h2-6,14-15H,7-13H2,1H3,(H,21,26)(H,22,23,25). The molecule has 1 saturated heterocycles. The molecule has 150 valence electrons. The van der Waals surface area contributed by atoms with Gasteiger partial charge in [-0.25, -0.2) is 4.98 Å². The molecule has 0 unspecified atom stereocenters. The molecule has 2 heterocycles. The summed E-state index contributed by atoms with van der Waals surface area (Å²) in [5, 5.41) is 7.80. The lowest BCUT2D eigenvalue weighted by molar-refractivity contribution is -0.125. The summed E-state index contributed by atoms with van der Waals surface area (Å²) in [6.07, 6.45) is 2.45. The summed E-state index contributed by atoms with van der Waals surface area (Å²) in [7, 11) is 0. The summed E-state index contributed by atoms with van der Waals surface area (Å²) >= 11 is 1.40. The van der Waals surface area contributed by atoms with E-state index in [2.05, 4.69) is 27.4 Å². The predicted octanol–water partition coefficient (Wildman–Crippen LogP) is 2.51. The Morgan fingerprint density at radius 1 is 1.21 bits per heavy atom. The van der Waals surface area contributed by atoms with E-state index in [1.165, 1.54) is 24.2 Å². The summed E-state index contributed by atoms with van der Waals surface area (Å²) < 4.78 is 5.34. The Morgan fingerprint density at radius 2 is 1.96 bits per heavy atom. The Bertz CT molecular complexity index is 773. The molecule has 1 aliphatic heterocycles. The van der Waals surface area contributed by atoms with Crippen LogP contribution in [0, 0.1) is 5.92 Å². The largest absolute Gasteiger partial charge is 0.484 e. The summed E-state index contributed by atoms with van der Waals surface area (Å²) in [6.45, 7) is 5.05. The van der Waals surface area contributed by atoms with Crippen LogP contribution < -0.4 is 15.4 Å². The zero-order chi connectivity index (χ0) is 19.8. The van der Waals surface area contributed by atoms with Crippen molar-refractivity contribution in [3.05, 3.63) is 41.4 Å². The maximum absolute atomic E-state index is 12.0. The van der Waals surface area contributed by atoms with Crippen molar-refractivity contribution >= 4 is 28.3 Å². The smallest absolute Gasteiger partial charge is 0.258 e. The van der Waals surface area contributed by atoms with E-state index >= 15 is 0 Å². The minimum Gasteiger partial charge on any atom is -0.484 e. The molecule has 0 saturated carbocycles. The van der Waals surface area contributed by atoms with E-state index < -0.39 is 0 Å². The third-order valence-corrected chi connectivity index (χ3v) is 5.43. The van der Waals surface area contributed by atoms with Crippen LogP contribution in [0.5, 0.6) is 5.75 Å². The van der Waals surface area contributed by atoms with Crippen LogP contribution in [0.1, 0.15) is 25.5 Å². The molecule has 2 amide bonds. The Labute approximate surface area is 169 Å². The fourth-order valence-corrected chi connectivity index (χ4v) is 3.66. The normalized spacial score (nSPS) is 15.2. The first-order valence-corrected chi connectivity index (χ1v) is 10.4. The number of para-hydroxylation sites is 1. The number of likely N-dealkylation sites (tertiary alicyclic amines) is 1. The minimum atomic E-state index is -0.349. The van der Waals surface area contributed by atoms with Gasteiger partial charge in [0.25, 0.3) is 5.91 Å². The van der Waals surface area contributed by atoms with Crippen LogP contribution in [0.15, 0.2) is 35.7 Å². The van der Waals surface area contributed by atoms with E-state index in [1.54, 1.807) is 12.1 Å². The van der Waals surface area contributed by atoms with E-state index in [1.807, 2.05) is 23.6 Å². The van der Waals surface area contributed by atoms with Gasteiger partial charge in [0.05, 0.1) is 12.2 Å². The molecule has 7 nitrogen and oxygen atoms in total. The monoisotopic (exact) mass is 402 g/mol. The molecule has 1 aliphatic rings. The number of amides is 2. The van der Waals surface area contributed by atoms with Gasteiger partial charge in [-0.05, 0) is 44.0 Å². The third kappa shape index (κ3) is 6.61. The number of ether oxygens (including phenoxy) is 1. The summed E-state index contributed by atoms with van der Waals surface area (Å²) in [5.74, 6) is 0.759. The molecule has 3 rings (SSSR count). The fraction of sp³-hybridized carbons (Fsp3) is 0.450. The number of hydrogen-bond donors (Lipinski definition) is 2. The molecule has 1 aromatic heterocycles. The highest BCUT2D eigenvalue weighted by Crippen LogP contribution is 2.20. The van der Waals surface area contributed by atoms with Gasteiger partial charge in [0.1, 0.15) is 5.75 Å². The molecule has 0 atom stereocenters. The van der Waals surface area contributed by atoms with Crippen LogP contribution in [0.25, 0.3) is 0 Å². The number of carbonyl (C=O) groups is 2. The molecule has 8 heteroatoms. The molecular formula is C20H26N4O3S. The van der Waals surface area contributed by atoms with Crippen molar-refractivity contribution in [2.45, 2.75) is 26.3 Å². The van der Waals surface area contributed by atoms with Gasteiger partial charge >= 0.3 is 0 Å². The van der Waals surface area contributed by atoms with Gasteiger partial charge in [-0.15, -0.1) is 11.3 Å². The summed E-state index contributed by atoms with van der Waals surface area (Å²) in [5.41, 5.74) is 0.968. The van der Waals surface area contributed by atoms with Crippen molar-refractivity contribution in [3.8, 4) is 5.75 Å². The lowest BCUT2D eigenvalue weighted by Gasteiger charge is -2.29.